The average molecular weight is 470 g/mol. The minimum absolute atomic E-state index is 0.0548. The van der Waals surface area contributed by atoms with Gasteiger partial charge in [0.1, 0.15) is 6.04 Å². The maximum absolute atomic E-state index is 13.0. The summed E-state index contributed by atoms with van der Waals surface area (Å²) in [5, 5.41) is 7.12. The molecule has 0 fully saturated rings. The van der Waals surface area contributed by atoms with Crippen LogP contribution < -0.4 is 10.6 Å². The minimum atomic E-state index is -0.471. The number of carbonyl (C=O) groups is 2. The molecule has 2 unspecified atom stereocenters. The van der Waals surface area contributed by atoms with E-state index in [4.69, 9.17) is 16.3 Å². The number of likely N-dealkylation sites (N-methyl/N-ethyl adjacent to an activating group) is 1. The number of hydrogen-bond acceptors (Lipinski definition) is 4. The van der Waals surface area contributed by atoms with Crippen molar-refractivity contribution in [3.8, 4) is 0 Å². The second-order valence-electron chi connectivity index (χ2n) is 8.14. The summed E-state index contributed by atoms with van der Waals surface area (Å²) in [7, 11) is 1.76. The number of carbonyl (C=O) groups excluding carboxylic acids is 2. The van der Waals surface area contributed by atoms with Crippen molar-refractivity contribution in [1.82, 2.24) is 15.5 Å². The quantitative estimate of drug-likeness (QED) is 0.441. The van der Waals surface area contributed by atoms with Crippen molar-refractivity contribution in [3.05, 3.63) is 82.1 Å². The van der Waals surface area contributed by atoms with Crippen molar-refractivity contribution in [2.75, 3.05) is 26.8 Å². The Labute approximate surface area is 201 Å². The van der Waals surface area contributed by atoms with Crippen LogP contribution in [0.1, 0.15) is 48.7 Å². The first-order valence-electron chi connectivity index (χ1n) is 11.3. The predicted octanol–water partition coefficient (Wildman–Crippen LogP) is 4.23. The molecule has 0 saturated carbocycles. The van der Waals surface area contributed by atoms with Crippen LogP contribution in [-0.4, -0.2) is 49.6 Å². The molecular formula is C26H32ClN3O3. The molecule has 2 amide bonds. The van der Waals surface area contributed by atoms with Gasteiger partial charge in [0.05, 0.1) is 12.6 Å². The molecule has 0 saturated heterocycles. The van der Waals surface area contributed by atoms with Gasteiger partial charge in [0.25, 0.3) is 5.91 Å². The lowest BCUT2D eigenvalue weighted by Crippen LogP contribution is -2.43. The number of nitrogens with zero attached hydrogens (tertiary/aromatic N) is 1. The van der Waals surface area contributed by atoms with Crippen molar-refractivity contribution in [3.63, 3.8) is 0 Å². The first-order valence-corrected chi connectivity index (χ1v) is 11.7. The summed E-state index contributed by atoms with van der Waals surface area (Å²) in [5.41, 5.74) is 3.55. The van der Waals surface area contributed by atoms with E-state index >= 15 is 0 Å². The van der Waals surface area contributed by atoms with Crippen molar-refractivity contribution in [2.24, 2.45) is 0 Å². The van der Waals surface area contributed by atoms with E-state index in [0.29, 0.717) is 30.4 Å². The fraction of sp³-hybridized carbons (Fsp3) is 0.385. The highest BCUT2D eigenvalue weighted by molar-refractivity contribution is 6.31. The third kappa shape index (κ3) is 6.83. The molecule has 2 N–H and O–H groups in total. The molecule has 176 valence electrons. The molecule has 3 rings (SSSR count). The van der Waals surface area contributed by atoms with Gasteiger partial charge in [-0.25, -0.2) is 0 Å². The van der Waals surface area contributed by atoms with Gasteiger partial charge in [0, 0.05) is 36.5 Å². The molecule has 2 aliphatic rings. The van der Waals surface area contributed by atoms with E-state index in [-0.39, 0.29) is 17.9 Å². The predicted molar refractivity (Wildman–Crippen MR) is 132 cm³/mol. The summed E-state index contributed by atoms with van der Waals surface area (Å²) in [5.74, 6) is -0.166. The van der Waals surface area contributed by atoms with Crippen molar-refractivity contribution >= 4 is 23.4 Å². The zero-order chi connectivity index (χ0) is 23.8. The van der Waals surface area contributed by atoms with Crippen molar-refractivity contribution in [1.29, 1.82) is 0 Å². The molecule has 2 atom stereocenters. The third-order valence-electron chi connectivity index (χ3n) is 5.69. The molecule has 1 aliphatic heterocycles. The molecular weight excluding hydrogens is 438 g/mol. The van der Waals surface area contributed by atoms with Gasteiger partial charge in [0.15, 0.2) is 0 Å². The molecule has 1 heterocycles. The maximum Gasteiger partial charge on any atom is 0.253 e. The molecule has 1 aromatic carbocycles. The lowest BCUT2D eigenvalue weighted by Gasteiger charge is -2.21. The first kappa shape index (κ1) is 24.8. The van der Waals surface area contributed by atoms with E-state index in [1.807, 2.05) is 50.3 Å². The Kier molecular flexibility index (Phi) is 8.92. The SMILES string of the molecule is CCOCCN(C)C(=O)c1ccc(C(C)NC(=O)C2C=CCC3=CC(Cl)=CCC=C3N2)cc1. The molecule has 0 spiro atoms. The zero-order valence-electron chi connectivity index (χ0n) is 19.4. The first-order chi connectivity index (χ1) is 15.9. The van der Waals surface area contributed by atoms with E-state index in [9.17, 15) is 9.59 Å². The number of nitrogens with one attached hydrogen (secondary N) is 2. The number of rotatable bonds is 8. The van der Waals surface area contributed by atoms with Gasteiger partial charge in [-0.05, 0) is 56.0 Å². The van der Waals surface area contributed by atoms with Gasteiger partial charge in [-0.15, -0.1) is 0 Å². The lowest BCUT2D eigenvalue weighted by molar-refractivity contribution is -0.122. The highest BCUT2D eigenvalue weighted by atomic mass is 35.5. The second kappa shape index (κ2) is 11.9. The van der Waals surface area contributed by atoms with Crippen LogP contribution in [0, 0.1) is 0 Å². The van der Waals surface area contributed by atoms with Gasteiger partial charge in [-0.2, -0.15) is 0 Å². The number of ether oxygens (including phenoxy) is 1. The number of allylic oxidation sites excluding steroid dienone is 6. The number of hydrogen-bond donors (Lipinski definition) is 2. The Bertz CT molecular complexity index is 979. The smallest absolute Gasteiger partial charge is 0.253 e. The summed E-state index contributed by atoms with van der Waals surface area (Å²) in [4.78, 5) is 27.2. The molecule has 7 heteroatoms. The summed E-state index contributed by atoms with van der Waals surface area (Å²) < 4.78 is 5.32. The Hall–Kier alpha value is -2.83. The molecule has 0 radical (unpaired) electrons. The van der Waals surface area contributed by atoms with E-state index in [0.717, 1.165) is 29.7 Å². The van der Waals surface area contributed by atoms with Crippen LogP contribution in [0.3, 0.4) is 0 Å². The van der Waals surface area contributed by atoms with Crippen molar-refractivity contribution < 1.29 is 14.3 Å². The van der Waals surface area contributed by atoms with E-state index in [2.05, 4.69) is 16.7 Å². The van der Waals surface area contributed by atoms with Crippen LogP contribution in [0.5, 0.6) is 0 Å². The van der Waals surface area contributed by atoms with Gasteiger partial charge in [0.2, 0.25) is 5.91 Å². The third-order valence-corrected chi connectivity index (χ3v) is 5.95. The van der Waals surface area contributed by atoms with E-state index in [1.54, 1.807) is 24.1 Å². The maximum atomic E-state index is 13.0. The van der Waals surface area contributed by atoms with Crippen LogP contribution in [0.2, 0.25) is 0 Å². The van der Waals surface area contributed by atoms with Gasteiger partial charge >= 0.3 is 0 Å². The minimum Gasteiger partial charge on any atom is -0.380 e. The van der Waals surface area contributed by atoms with Crippen LogP contribution in [0.15, 0.2) is 70.9 Å². The Morgan fingerprint density at radius 3 is 2.76 bits per heavy atom. The fourth-order valence-electron chi connectivity index (χ4n) is 3.71. The lowest BCUT2D eigenvalue weighted by atomic mass is 10.0. The highest BCUT2D eigenvalue weighted by Crippen LogP contribution is 2.24. The van der Waals surface area contributed by atoms with E-state index in [1.165, 1.54) is 0 Å². The fourth-order valence-corrected chi connectivity index (χ4v) is 3.93. The Morgan fingerprint density at radius 2 is 2.03 bits per heavy atom. The summed E-state index contributed by atoms with van der Waals surface area (Å²) in [6.45, 7) is 5.55. The number of amides is 2. The van der Waals surface area contributed by atoms with Crippen LogP contribution >= 0.6 is 11.6 Å². The highest BCUT2D eigenvalue weighted by Gasteiger charge is 2.22. The number of benzene rings is 1. The molecule has 1 aromatic rings. The molecule has 33 heavy (non-hydrogen) atoms. The van der Waals surface area contributed by atoms with Crippen LogP contribution in [0.4, 0.5) is 0 Å². The molecule has 0 bridgehead atoms. The largest absolute Gasteiger partial charge is 0.380 e. The van der Waals surface area contributed by atoms with Gasteiger partial charge < -0.3 is 20.3 Å². The summed E-state index contributed by atoms with van der Waals surface area (Å²) in [6.07, 6.45) is 11.3. The topological polar surface area (TPSA) is 70.7 Å². The van der Waals surface area contributed by atoms with Crippen molar-refractivity contribution in [2.45, 2.75) is 38.8 Å². The number of halogens is 1. The molecule has 1 aliphatic carbocycles. The molecule has 0 aromatic heterocycles. The number of fused-ring (bicyclic) bond motifs is 1. The van der Waals surface area contributed by atoms with Gasteiger partial charge in [-0.3, -0.25) is 9.59 Å². The zero-order valence-corrected chi connectivity index (χ0v) is 20.2. The van der Waals surface area contributed by atoms with E-state index < -0.39 is 6.04 Å². The molecule has 6 nitrogen and oxygen atoms in total. The summed E-state index contributed by atoms with van der Waals surface area (Å²) >= 11 is 6.20. The van der Waals surface area contributed by atoms with Gasteiger partial charge in [-0.1, -0.05) is 48.0 Å². The Morgan fingerprint density at radius 1 is 1.27 bits per heavy atom. The van der Waals surface area contributed by atoms with Crippen LogP contribution in [-0.2, 0) is 9.53 Å². The van der Waals surface area contributed by atoms with Crippen LogP contribution in [0.25, 0.3) is 0 Å². The average Bonchev–Trinajstić information content (AvgIpc) is 3.11. The Balaban J connectivity index is 1.59. The second-order valence-corrected chi connectivity index (χ2v) is 8.58. The standard InChI is InChI=1S/C26H32ClN3O3/c1-4-33-16-15-30(3)26(32)20-13-11-19(12-14-20)18(2)28-25(31)24-10-5-7-21-17-22(27)8-6-9-23(21)29-24/h5,8-14,17-18,24,29H,4,6-7,15-16H2,1-3H3,(H,28,31). The normalized spacial score (nSPS) is 18.4. The monoisotopic (exact) mass is 469 g/mol. The summed E-state index contributed by atoms with van der Waals surface area (Å²) in [6, 6.07) is 6.68.